The summed E-state index contributed by atoms with van der Waals surface area (Å²) in [5.74, 6) is -0.366. The van der Waals surface area contributed by atoms with E-state index in [2.05, 4.69) is 10.3 Å². The number of fused-ring (bicyclic) bond motifs is 1. The first-order valence-electron chi connectivity index (χ1n) is 6.98. The summed E-state index contributed by atoms with van der Waals surface area (Å²) in [6.45, 7) is 3.50. The maximum Gasteiger partial charge on any atom is 0.272 e. The third-order valence-corrected chi connectivity index (χ3v) is 4.89. The molecule has 1 N–H and O–H groups in total. The Balaban J connectivity index is 1.87. The maximum absolute atomic E-state index is 12.3. The summed E-state index contributed by atoms with van der Waals surface area (Å²) in [5, 5.41) is 14.6. The summed E-state index contributed by atoms with van der Waals surface area (Å²) in [7, 11) is 0. The van der Waals surface area contributed by atoms with Crippen LogP contribution in [0.1, 0.15) is 21.5 Å². The minimum atomic E-state index is -0.476. The Morgan fingerprint density at radius 2 is 2.00 bits per heavy atom. The average Bonchev–Trinajstić information content (AvgIpc) is 2.88. The smallest absolute Gasteiger partial charge is 0.272 e. The van der Waals surface area contributed by atoms with Crippen molar-refractivity contribution < 1.29 is 9.72 Å². The molecule has 0 unspecified atom stereocenters. The van der Waals surface area contributed by atoms with Gasteiger partial charge in [-0.3, -0.25) is 20.2 Å². The first-order valence-corrected chi connectivity index (χ1v) is 8.17. The van der Waals surface area contributed by atoms with Crippen molar-refractivity contribution >= 4 is 49.9 Å². The number of nitro groups is 1. The van der Waals surface area contributed by atoms with Crippen molar-refractivity contribution in [2.45, 2.75) is 13.8 Å². The van der Waals surface area contributed by atoms with Crippen molar-refractivity contribution in [3.05, 3.63) is 62.2 Å². The molecule has 0 saturated carbocycles. The number of thiazole rings is 1. The number of anilines is 1. The molecule has 0 fully saturated rings. The van der Waals surface area contributed by atoms with Gasteiger partial charge in [-0.15, -0.1) is 0 Å². The van der Waals surface area contributed by atoms with Crippen LogP contribution in [-0.2, 0) is 0 Å². The van der Waals surface area contributed by atoms with E-state index in [1.54, 1.807) is 13.0 Å². The van der Waals surface area contributed by atoms with E-state index in [0.29, 0.717) is 26.8 Å². The Morgan fingerprint density at radius 3 is 2.67 bits per heavy atom. The van der Waals surface area contributed by atoms with Gasteiger partial charge in [0.25, 0.3) is 11.6 Å². The zero-order chi connectivity index (χ0) is 17.4. The quantitative estimate of drug-likeness (QED) is 0.540. The van der Waals surface area contributed by atoms with Crippen molar-refractivity contribution in [2.24, 2.45) is 0 Å². The number of nitrogens with zero attached hydrogens (tertiary/aromatic N) is 2. The largest absolute Gasteiger partial charge is 0.298 e. The summed E-state index contributed by atoms with van der Waals surface area (Å²) in [6, 6.07) is 7.91. The van der Waals surface area contributed by atoms with Gasteiger partial charge in [0.2, 0.25) is 0 Å². The van der Waals surface area contributed by atoms with Crippen LogP contribution < -0.4 is 5.32 Å². The van der Waals surface area contributed by atoms with Gasteiger partial charge in [-0.2, -0.15) is 0 Å². The molecule has 0 spiro atoms. The molecule has 3 rings (SSSR count). The number of halogens is 1. The van der Waals surface area contributed by atoms with Gasteiger partial charge in [0.1, 0.15) is 0 Å². The van der Waals surface area contributed by atoms with Gasteiger partial charge >= 0.3 is 0 Å². The lowest BCUT2D eigenvalue weighted by atomic mass is 10.1. The molecular formula is C16H12ClN3O3S. The number of aromatic nitrogens is 1. The number of carbonyl (C=O) groups excluding carboxylic acids is 1. The summed E-state index contributed by atoms with van der Waals surface area (Å²) in [5.41, 5.74) is 2.41. The number of nitro benzene ring substituents is 1. The first kappa shape index (κ1) is 16.4. The Hall–Kier alpha value is -2.51. The first-order chi connectivity index (χ1) is 11.3. The minimum Gasteiger partial charge on any atom is -0.298 e. The predicted octanol–water partition coefficient (Wildman–Crippen LogP) is 4.73. The van der Waals surface area contributed by atoms with Crippen LogP contribution >= 0.6 is 22.9 Å². The minimum absolute atomic E-state index is 0.0170. The molecule has 0 atom stereocenters. The standard InChI is InChI=1S/C16H12ClN3O3S/c1-8-6-14-12(7-11(8)17)18-16(24-14)19-15(21)10-3-4-13(20(22)23)9(2)5-10/h3-7H,1-2H3,(H,18,19,21). The van der Waals surface area contributed by atoms with Crippen molar-refractivity contribution in [1.82, 2.24) is 4.98 Å². The summed E-state index contributed by atoms with van der Waals surface area (Å²) >= 11 is 7.42. The van der Waals surface area contributed by atoms with Crippen LogP contribution in [0, 0.1) is 24.0 Å². The zero-order valence-electron chi connectivity index (χ0n) is 12.8. The average molecular weight is 362 g/mol. The van der Waals surface area contributed by atoms with E-state index in [0.717, 1.165) is 10.3 Å². The van der Waals surface area contributed by atoms with E-state index in [1.165, 1.54) is 29.5 Å². The zero-order valence-corrected chi connectivity index (χ0v) is 14.4. The predicted molar refractivity (Wildman–Crippen MR) is 95.2 cm³/mol. The highest BCUT2D eigenvalue weighted by Crippen LogP contribution is 2.30. The molecule has 6 nitrogen and oxygen atoms in total. The molecule has 3 aromatic rings. The van der Waals surface area contributed by atoms with E-state index in [-0.39, 0.29) is 11.6 Å². The molecule has 0 radical (unpaired) electrons. The Bertz CT molecular complexity index is 945. The molecule has 122 valence electrons. The second-order valence-electron chi connectivity index (χ2n) is 5.30. The molecule has 1 aromatic heterocycles. The lowest BCUT2D eigenvalue weighted by molar-refractivity contribution is -0.385. The topological polar surface area (TPSA) is 85.1 Å². The Kier molecular flexibility index (Phi) is 4.21. The fourth-order valence-corrected chi connectivity index (χ4v) is 3.37. The molecular weight excluding hydrogens is 350 g/mol. The van der Waals surface area contributed by atoms with Crippen molar-refractivity contribution in [3.63, 3.8) is 0 Å². The van der Waals surface area contributed by atoms with E-state index in [9.17, 15) is 14.9 Å². The summed E-state index contributed by atoms with van der Waals surface area (Å²) in [6.07, 6.45) is 0. The molecule has 2 aromatic carbocycles. The second-order valence-corrected chi connectivity index (χ2v) is 6.74. The van der Waals surface area contributed by atoms with Crippen molar-refractivity contribution in [3.8, 4) is 0 Å². The third-order valence-electron chi connectivity index (χ3n) is 3.54. The van der Waals surface area contributed by atoms with Gasteiger partial charge in [0, 0.05) is 22.2 Å². The van der Waals surface area contributed by atoms with Crippen LogP contribution in [0.25, 0.3) is 10.2 Å². The molecule has 0 aliphatic rings. The van der Waals surface area contributed by atoms with Crippen LogP contribution in [0.3, 0.4) is 0 Å². The molecule has 1 heterocycles. The molecule has 24 heavy (non-hydrogen) atoms. The van der Waals surface area contributed by atoms with Crippen molar-refractivity contribution in [2.75, 3.05) is 5.32 Å². The normalized spacial score (nSPS) is 10.8. The molecule has 0 aliphatic heterocycles. The van der Waals surface area contributed by atoms with Gasteiger partial charge in [-0.1, -0.05) is 22.9 Å². The van der Waals surface area contributed by atoms with Crippen molar-refractivity contribution in [1.29, 1.82) is 0 Å². The van der Waals surface area contributed by atoms with Crippen LogP contribution in [0.4, 0.5) is 10.8 Å². The highest BCUT2D eigenvalue weighted by Gasteiger charge is 2.15. The summed E-state index contributed by atoms with van der Waals surface area (Å²) < 4.78 is 0.923. The van der Waals surface area contributed by atoms with Gasteiger partial charge < -0.3 is 0 Å². The maximum atomic E-state index is 12.3. The number of hydrogen-bond acceptors (Lipinski definition) is 5. The number of aryl methyl sites for hydroxylation is 2. The number of rotatable bonds is 3. The van der Waals surface area contributed by atoms with E-state index < -0.39 is 4.92 Å². The number of nitrogens with one attached hydrogen (secondary N) is 1. The fourth-order valence-electron chi connectivity index (χ4n) is 2.27. The molecule has 0 saturated heterocycles. The highest BCUT2D eigenvalue weighted by atomic mass is 35.5. The summed E-state index contributed by atoms with van der Waals surface area (Å²) in [4.78, 5) is 27.0. The molecule has 8 heteroatoms. The van der Waals surface area contributed by atoms with E-state index >= 15 is 0 Å². The molecule has 1 amide bonds. The second kappa shape index (κ2) is 6.18. The fraction of sp³-hybridized carbons (Fsp3) is 0.125. The molecule has 0 bridgehead atoms. The SMILES string of the molecule is Cc1cc2sc(NC(=O)c3ccc([N+](=O)[O-])c(C)c3)nc2cc1Cl. The van der Waals surface area contributed by atoms with Crippen LogP contribution in [0.5, 0.6) is 0 Å². The van der Waals surface area contributed by atoms with Crippen LogP contribution in [0.15, 0.2) is 30.3 Å². The molecule has 0 aliphatic carbocycles. The van der Waals surface area contributed by atoms with Crippen LogP contribution in [0.2, 0.25) is 5.02 Å². The van der Waals surface area contributed by atoms with Gasteiger partial charge in [0.05, 0.1) is 15.1 Å². The Morgan fingerprint density at radius 1 is 1.25 bits per heavy atom. The third kappa shape index (κ3) is 3.08. The van der Waals surface area contributed by atoms with Crippen LogP contribution in [-0.4, -0.2) is 15.8 Å². The van der Waals surface area contributed by atoms with Gasteiger partial charge in [0.15, 0.2) is 5.13 Å². The highest BCUT2D eigenvalue weighted by molar-refractivity contribution is 7.22. The monoisotopic (exact) mass is 361 g/mol. The van der Waals surface area contributed by atoms with E-state index in [1.807, 2.05) is 13.0 Å². The number of carbonyl (C=O) groups is 1. The number of hydrogen-bond donors (Lipinski definition) is 1. The lowest BCUT2D eigenvalue weighted by Gasteiger charge is -2.03. The van der Waals surface area contributed by atoms with Gasteiger partial charge in [-0.25, -0.2) is 4.98 Å². The Labute approximate surface area is 146 Å². The van der Waals surface area contributed by atoms with Gasteiger partial charge in [-0.05, 0) is 43.7 Å². The number of amides is 1. The lowest BCUT2D eigenvalue weighted by Crippen LogP contribution is -2.12. The van der Waals surface area contributed by atoms with E-state index in [4.69, 9.17) is 11.6 Å². The number of benzene rings is 2.